The number of carbonyl (C=O) groups is 1. The molecule has 3 heterocycles. The molecule has 0 aromatic carbocycles. The molecule has 0 bridgehead atoms. The monoisotopic (exact) mass is 343 g/mol. The predicted octanol–water partition coefficient (Wildman–Crippen LogP) is 3.46. The maximum Gasteiger partial charge on any atom is 0.240 e. The smallest absolute Gasteiger partial charge is 0.240 e. The molecule has 0 radical (unpaired) electrons. The van der Waals surface area contributed by atoms with E-state index in [1.54, 1.807) is 17.5 Å². The number of likely N-dealkylation sites (tertiary alicyclic amines) is 1. The lowest BCUT2D eigenvalue weighted by Gasteiger charge is -2.30. The van der Waals surface area contributed by atoms with Crippen LogP contribution in [0.25, 0.3) is 0 Å². The van der Waals surface area contributed by atoms with E-state index in [-0.39, 0.29) is 11.9 Å². The highest BCUT2D eigenvalue weighted by molar-refractivity contribution is 7.11. The Hall–Kier alpha value is -1.72. The van der Waals surface area contributed by atoms with Crippen LogP contribution in [-0.4, -0.2) is 39.8 Å². The van der Waals surface area contributed by atoms with Gasteiger partial charge < -0.3 is 4.90 Å². The Morgan fingerprint density at radius 2 is 2.08 bits per heavy atom. The van der Waals surface area contributed by atoms with Gasteiger partial charge in [0.25, 0.3) is 0 Å². The van der Waals surface area contributed by atoms with Gasteiger partial charge >= 0.3 is 0 Å². The standard InChI is InChI=1S/C19H25N3OS/c1-15-7-8-18(24-15)14-22(13-17-6-5-9-20-12-17)19(23)16(2)21-10-3-4-11-21/h5-9,12,16H,3-4,10-11,13-14H2,1-2H3. The van der Waals surface area contributed by atoms with Gasteiger partial charge in [-0.05, 0) is 63.5 Å². The largest absolute Gasteiger partial charge is 0.332 e. The number of hydrogen-bond donors (Lipinski definition) is 0. The lowest BCUT2D eigenvalue weighted by atomic mass is 10.2. The zero-order valence-electron chi connectivity index (χ0n) is 14.4. The van der Waals surface area contributed by atoms with E-state index in [2.05, 4.69) is 28.9 Å². The third kappa shape index (κ3) is 4.22. The molecule has 128 valence electrons. The molecule has 1 aliphatic rings. The van der Waals surface area contributed by atoms with E-state index in [4.69, 9.17) is 0 Å². The highest BCUT2D eigenvalue weighted by Crippen LogP contribution is 2.21. The fourth-order valence-electron chi connectivity index (χ4n) is 3.23. The Morgan fingerprint density at radius 1 is 1.29 bits per heavy atom. The molecule has 1 atom stereocenters. The average Bonchev–Trinajstić information content (AvgIpc) is 3.26. The van der Waals surface area contributed by atoms with Gasteiger partial charge in [0, 0.05) is 28.7 Å². The molecule has 1 aliphatic heterocycles. The van der Waals surface area contributed by atoms with Gasteiger partial charge in [0.2, 0.25) is 5.91 Å². The van der Waals surface area contributed by atoms with Gasteiger partial charge in [-0.1, -0.05) is 6.07 Å². The summed E-state index contributed by atoms with van der Waals surface area (Å²) in [6, 6.07) is 8.16. The van der Waals surface area contributed by atoms with Crippen LogP contribution in [-0.2, 0) is 17.9 Å². The lowest BCUT2D eigenvalue weighted by Crippen LogP contribution is -2.45. The Bertz CT molecular complexity index is 664. The van der Waals surface area contributed by atoms with Crippen LogP contribution in [0, 0.1) is 6.92 Å². The third-order valence-electron chi connectivity index (χ3n) is 4.60. The summed E-state index contributed by atoms with van der Waals surface area (Å²) in [5.41, 5.74) is 1.08. The van der Waals surface area contributed by atoms with Crippen LogP contribution in [0.3, 0.4) is 0 Å². The molecule has 0 aliphatic carbocycles. The first-order valence-corrected chi connectivity index (χ1v) is 9.42. The Labute approximate surface area is 148 Å². The SMILES string of the molecule is Cc1ccc(CN(Cc2cccnc2)C(=O)C(C)N2CCCC2)s1. The van der Waals surface area contributed by atoms with E-state index >= 15 is 0 Å². The molecule has 4 nitrogen and oxygen atoms in total. The number of thiophene rings is 1. The fraction of sp³-hybridized carbons (Fsp3) is 0.474. The molecule has 24 heavy (non-hydrogen) atoms. The topological polar surface area (TPSA) is 36.4 Å². The van der Waals surface area contributed by atoms with Crippen molar-refractivity contribution in [2.45, 2.75) is 45.8 Å². The molecule has 5 heteroatoms. The first-order valence-electron chi connectivity index (χ1n) is 8.60. The summed E-state index contributed by atoms with van der Waals surface area (Å²) in [6.07, 6.45) is 6.01. The summed E-state index contributed by atoms with van der Waals surface area (Å²) < 4.78 is 0. The number of nitrogens with zero attached hydrogens (tertiary/aromatic N) is 3. The van der Waals surface area contributed by atoms with Crippen molar-refractivity contribution >= 4 is 17.2 Å². The summed E-state index contributed by atoms with van der Waals surface area (Å²) in [7, 11) is 0. The van der Waals surface area contributed by atoms with E-state index in [1.807, 2.05) is 30.2 Å². The van der Waals surface area contributed by atoms with Crippen LogP contribution < -0.4 is 0 Å². The molecule has 3 rings (SSSR count). The zero-order valence-corrected chi connectivity index (χ0v) is 15.3. The molecule has 2 aromatic rings. The molecular formula is C19H25N3OS. The second-order valence-corrected chi connectivity index (χ2v) is 7.86. The first-order chi connectivity index (χ1) is 11.6. The summed E-state index contributed by atoms with van der Waals surface area (Å²) in [6.45, 7) is 7.50. The van der Waals surface area contributed by atoms with Crippen molar-refractivity contribution in [2.75, 3.05) is 13.1 Å². The second kappa shape index (κ2) is 7.90. The summed E-state index contributed by atoms with van der Waals surface area (Å²) in [4.78, 5) is 24.1. The van der Waals surface area contributed by atoms with Crippen molar-refractivity contribution in [3.05, 3.63) is 52.0 Å². The van der Waals surface area contributed by atoms with E-state index < -0.39 is 0 Å². The number of aromatic nitrogens is 1. The van der Waals surface area contributed by atoms with Gasteiger partial charge in [-0.15, -0.1) is 11.3 Å². The van der Waals surface area contributed by atoms with E-state index in [1.165, 1.54) is 22.6 Å². The highest BCUT2D eigenvalue weighted by Gasteiger charge is 2.28. The van der Waals surface area contributed by atoms with Gasteiger partial charge in [-0.3, -0.25) is 14.7 Å². The molecule has 0 N–H and O–H groups in total. The summed E-state index contributed by atoms with van der Waals surface area (Å²) in [5.74, 6) is 0.215. The molecule has 0 spiro atoms. The minimum absolute atomic E-state index is 0.0507. The van der Waals surface area contributed by atoms with Crippen molar-refractivity contribution in [3.63, 3.8) is 0 Å². The van der Waals surface area contributed by atoms with Crippen LogP contribution in [0.5, 0.6) is 0 Å². The van der Waals surface area contributed by atoms with Gasteiger partial charge in [-0.2, -0.15) is 0 Å². The van der Waals surface area contributed by atoms with Gasteiger partial charge in [0.05, 0.1) is 12.6 Å². The van der Waals surface area contributed by atoms with Crippen molar-refractivity contribution in [1.82, 2.24) is 14.8 Å². The minimum atomic E-state index is -0.0507. The third-order valence-corrected chi connectivity index (χ3v) is 5.58. The van der Waals surface area contributed by atoms with Gasteiger partial charge in [-0.25, -0.2) is 0 Å². The average molecular weight is 343 g/mol. The number of carbonyl (C=O) groups excluding carboxylic acids is 1. The molecule has 1 unspecified atom stereocenters. The Balaban J connectivity index is 1.76. The molecule has 1 saturated heterocycles. The predicted molar refractivity (Wildman–Crippen MR) is 97.8 cm³/mol. The van der Waals surface area contributed by atoms with Crippen molar-refractivity contribution in [3.8, 4) is 0 Å². The highest BCUT2D eigenvalue weighted by atomic mass is 32.1. The zero-order chi connectivity index (χ0) is 16.9. The first kappa shape index (κ1) is 17.1. The molecule has 1 amide bonds. The van der Waals surface area contributed by atoms with E-state index in [0.717, 1.165) is 18.7 Å². The molecule has 2 aromatic heterocycles. The minimum Gasteiger partial charge on any atom is -0.332 e. The normalized spacial score (nSPS) is 16.2. The fourth-order valence-corrected chi connectivity index (χ4v) is 4.14. The van der Waals surface area contributed by atoms with Crippen LogP contribution in [0.15, 0.2) is 36.7 Å². The van der Waals surface area contributed by atoms with Crippen molar-refractivity contribution < 1.29 is 4.79 Å². The van der Waals surface area contributed by atoms with E-state index in [9.17, 15) is 4.79 Å². The summed E-state index contributed by atoms with van der Waals surface area (Å²) in [5, 5.41) is 0. The maximum atomic E-state index is 13.1. The maximum absolute atomic E-state index is 13.1. The van der Waals surface area contributed by atoms with Crippen LogP contribution in [0.1, 0.15) is 35.1 Å². The van der Waals surface area contributed by atoms with Gasteiger partial charge in [0.1, 0.15) is 0 Å². The number of rotatable bonds is 6. The Kier molecular flexibility index (Phi) is 5.63. The van der Waals surface area contributed by atoms with Crippen LogP contribution in [0.4, 0.5) is 0 Å². The second-order valence-electron chi connectivity index (χ2n) is 6.49. The quantitative estimate of drug-likeness (QED) is 0.806. The molecule has 1 fully saturated rings. The van der Waals surface area contributed by atoms with Gasteiger partial charge in [0.15, 0.2) is 0 Å². The number of aryl methyl sites for hydroxylation is 1. The van der Waals surface area contributed by atoms with E-state index in [0.29, 0.717) is 13.1 Å². The Morgan fingerprint density at radius 3 is 2.71 bits per heavy atom. The molecular weight excluding hydrogens is 318 g/mol. The number of pyridine rings is 1. The van der Waals surface area contributed by atoms with Crippen LogP contribution >= 0.6 is 11.3 Å². The van der Waals surface area contributed by atoms with Crippen molar-refractivity contribution in [1.29, 1.82) is 0 Å². The van der Waals surface area contributed by atoms with Crippen LogP contribution in [0.2, 0.25) is 0 Å². The summed E-state index contributed by atoms with van der Waals surface area (Å²) >= 11 is 1.76. The number of amides is 1. The number of hydrogen-bond acceptors (Lipinski definition) is 4. The van der Waals surface area contributed by atoms with Crippen molar-refractivity contribution in [2.24, 2.45) is 0 Å². The lowest BCUT2D eigenvalue weighted by molar-refractivity contribution is -0.137. The molecule has 0 saturated carbocycles.